The molecule has 0 aromatic carbocycles. The van der Waals surface area contributed by atoms with E-state index in [1.807, 2.05) is 0 Å². The average Bonchev–Trinajstić information content (AvgIpc) is 2.97. The van der Waals surface area contributed by atoms with Gasteiger partial charge in [0.1, 0.15) is 0 Å². The summed E-state index contributed by atoms with van der Waals surface area (Å²) in [7, 11) is 0. The fourth-order valence-corrected chi connectivity index (χ4v) is 5.85. The Labute approximate surface area is 266 Å². The number of hydrogen-bond acceptors (Lipinski definition) is 7. The quantitative estimate of drug-likeness (QED) is 0.0637. The summed E-state index contributed by atoms with van der Waals surface area (Å²) in [6.45, 7) is 14.3. The summed E-state index contributed by atoms with van der Waals surface area (Å²) in [5.74, 6) is 1.14. The molecule has 0 bridgehead atoms. The minimum Gasteiger partial charge on any atom is -0.435 e. The Morgan fingerprint density at radius 1 is 0.465 bits per heavy atom. The van der Waals surface area contributed by atoms with Crippen LogP contribution in [0.2, 0.25) is 0 Å². The van der Waals surface area contributed by atoms with Crippen LogP contribution in [-0.4, -0.2) is 50.8 Å². The zero-order chi connectivity index (χ0) is 32.0. The maximum absolute atomic E-state index is 11.6. The number of hydrogen-bond donors (Lipinski definition) is 1. The highest BCUT2D eigenvalue weighted by atomic mass is 16.7. The maximum atomic E-state index is 11.6. The van der Waals surface area contributed by atoms with Gasteiger partial charge in [-0.15, -0.1) is 0 Å². The van der Waals surface area contributed by atoms with Crippen molar-refractivity contribution in [2.75, 3.05) is 26.4 Å². The molecular weight excluding hydrogens is 542 g/mol. The second kappa shape index (κ2) is 30.5. The van der Waals surface area contributed by atoms with E-state index in [0.29, 0.717) is 50.3 Å². The van der Waals surface area contributed by atoms with Crippen LogP contribution in [0.15, 0.2) is 0 Å². The minimum atomic E-state index is -0.549. The van der Waals surface area contributed by atoms with Gasteiger partial charge in [0.25, 0.3) is 0 Å². The van der Waals surface area contributed by atoms with Gasteiger partial charge in [0, 0.05) is 12.1 Å². The SMILES string of the molecule is CCCCCCCCC(CCOC(=O)OCC)CCC(C)NC(C)CCC(CCCCCCCC)CCOC(=O)OCC. The van der Waals surface area contributed by atoms with Crippen molar-refractivity contribution in [1.82, 2.24) is 5.32 Å². The van der Waals surface area contributed by atoms with Crippen LogP contribution in [0.5, 0.6) is 0 Å². The Hall–Kier alpha value is -1.50. The van der Waals surface area contributed by atoms with E-state index in [9.17, 15) is 9.59 Å². The Kier molecular flexibility index (Phi) is 29.5. The van der Waals surface area contributed by atoms with Crippen LogP contribution in [0.3, 0.4) is 0 Å². The lowest BCUT2D eigenvalue weighted by Gasteiger charge is -2.24. The second-order valence-electron chi connectivity index (χ2n) is 12.6. The lowest BCUT2D eigenvalue weighted by Crippen LogP contribution is -2.35. The summed E-state index contributed by atoms with van der Waals surface area (Å²) in [6.07, 6.45) is 23.3. The second-order valence-corrected chi connectivity index (χ2v) is 12.6. The van der Waals surface area contributed by atoms with Crippen molar-refractivity contribution in [1.29, 1.82) is 0 Å². The van der Waals surface area contributed by atoms with E-state index < -0.39 is 12.3 Å². The summed E-state index contributed by atoms with van der Waals surface area (Å²) >= 11 is 0. The molecule has 43 heavy (non-hydrogen) atoms. The normalized spacial score (nSPS) is 14.1. The van der Waals surface area contributed by atoms with E-state index in [1.54, 1.807) is 13.8 Å². The molecule has 4 unspecified atom stereocenters. The molecule has 256 valence electrons. The third kappa shape index (κ3) is 27.8. The highest BCUT2D eigenvalue weighted by molar-refractivity contribution is 5.59. The molecular formula is C36H71NO6. The molecule has 7 heteroatoms. The van der Waals surface area contributed by atoms with Crippen LogP contribution in [0.1, 0.15) is 170 Å². The van der Waals surface area contributed by atoms with E-state index in [2.05, 4.69) is 33.0 Å². The number of rotatable bonds is 30. The van der Waals surface area contributed by atoms with Crippen molar-refractivity contribution in [3.63, 3.8) is 0 Å². The van der Waals surface area contributed by atoms with Crippen LogP contribution in [0.25, 0.3) is 0 Å². The predicted octanol–water partition coefficient (Wildman–Crippen LogP) is 10.8. The molecule has 7 nitrogen and oxygen atoms in total. The first-order valence-electron chi connectivity index (χ1n) is 18.2. The predicted molar refractivity (Wildman–Crippen MR) is 179 cm³/mol. The van der Waals surface area contributed by atoms with Gasteiger partial charge in [0.15, 0.2) is 0 Å². The van der Waals surface area contributed by atoms with Crippen LogP contribution < -0.4 is 5.32 Å². The molecule has 0 rings (SSSR count). The molecule has 0 aromatic rings. The summed E-state index contributed by atoms with van der Waals surface area (Å²) in [5.41, 5.74) is 0. The van der Waals surface area contributed by atoms with Crippen molar-refractivity contribution in [3.05, 3.63) is 0 Å². The highest BCUT2D eigenvalue weighted by Gasteiger charge is 2.16. The molecule has 0 aliphatic heterocycles. The summed E-state index contributed by atoms with van der Waals surface area (Å²) in [6, 6.07) is 0.884. The summed E-state index contributed by atoms with van der Waals surface area (Å²) in [5, 5.41) is 3.84. The van der Waals surface area contributed by atoms with E-state index in [-0.39, 0.29) is 0 Å². The van der Waals surface area contributed by atoms with Gasteiger partial charge in [-0.1, -0.05) is 104 Å². The maximum Gasteiger partial charge on any atom is 0.508 e. The third-order valence-electron chi connectivity index (χ3n) is 8.53. The van der Waals surface area contributed by atoms with Gasteiger partial charge in [-0.2, -0.15) is 0 Å². The van der Waals surface area contributed by atoms with Crippen molar-refractivity contribution >= 4 is 12.3 Å². The Morgan fingerprint density at radius 2 is 0.837 bits per heavy atom. The van der Waals surface area contributed by atoms with Gasteiger partial charge in [0.05, 0.1) is 26.4 Å². The van der Waals surface area contributed by atoms with Crippen molar-refractivity contribution in [2.24, 2.45) is 11.8 Å². The number of nitrogens with one attached hydrogen (secondary N) is 1. The molecule has 0 amide bonds. The molecule has 1 N–H and O–H groups in total. The average molecular weight is 614 g/mol. The van der Waals surface area contributed by atoms with E-state index in [0.717, 1.165) is 38.5 Å². The summed E-state index contributed by atoms with van der Waals surface area (Å²) < 4.78 is 20.4. The Bertz CT molecular complexity index is 579. The fourth-order valence-electron chi connectivity index (χ4n) is 5.85. The standard InChI is InChI=1S/C36H71NO6/c1-7-11-13-15-17-19-21-33(27-29-42-35(38)40-9-3)25-23-31(5)37-32(6)24-26-34(22-20-18-16-14-12-8-2)28-30-43-36(39)41-10-4/h31-34,37H,7-30H2,1-6H3. The third-order valence-corrected chi connectivity index (χ3v) is 8.53. The molecule has 0 saturated heterocycles. The van der Waals surface area contributed by atoms with Gasteiger partial charge < -0.3 is 24.3 Å². The largest absolute Gasteiger partial charge is 0.508 e. The molecule has 0 saturated carbocycles. The molecule has 0 radical (unpaired) electrons. The topological polar surface area (TPSA) is 83.1 Å². The number of unbranched alkanes of at least 4 members (excludes halogenated alkanes) is 10. The van der Waals surface area contributed by atoms with E-state index in [1.165, 1.54) is 89.9 Å². The molecule has 0 fully saturated rings. The van der Waals surface area contributed by atoms with Gasteiger partial charge in [-0.05, 0) is 78.1 Å². The number of carbonyl (C=O) groups excluding carboxylic acids is 2. The van der Waals surface area contributed by atoms with Crippen LogP contribution in [-0.2, 0) is 18.9 Å². The van der Waals surface area contributed by atoms with Gasteiger partial charge >= 0.3 is 12.3 Å². The molecule has 4 atom stereocenters. The van der Waals surface area contributed by atoms with Crippen molar-refractivity contribution in [2.45, 2.75) is 182 Å². The Morgan fingerprint density at radius 3 is 1.21 bits per heavy atom. The molecule has 0 aromatic heterocycles. The number of carbonyl (C=O) groups is 2. The first-order chi connectivity index (χ1) is 20.9. The lowest BCUT2D eigenvalue weighted by atomic mass is 9.90. The monoisotopic (exact) mass is 614 g/mol. The molecule has 0 aliphatic carbocycles. The Balaban J connectivity index is 4.62. The van der Waals surface area contributed by atoms with Crippen LogP contribution in [0, 0.1) is 11.8 Å². The van der Waals surface area contributed by atoms with Crippen LogP contribution >= 0.6 is 0 Å². The van der Waals surface area contributed by atoms with Crippen molar-refractivity contribution in [3.8, 4) is 0 Å². The smallest absolute Gasteiger partial charge is 0.435 e. The first-order valence-corrected chi connectivity index (χ1v) is 18.2. The molecule has 0 spiro atoms. The van der Waals surface area contributed by atoms with Crippen LogP contribution in [0.4, 0.5) is 9.59 Å². The van der Waals surface area contributed by atoms with Crippen molar-refractivity contribution < 1.29 is 28.5 Å². The van der Waals surface area contributed by atoms with Gasteiger partial charge in [0.2, 0.25) is 0 Å². The van der Waals surface area contributed by atoms with E-state index >= 15 is 0 Å². The first kappa shape index (κ1) is 41.5. The summed E-state index contributed by atoms with van der Waals surface area (Å²) in [4.78, 5) is 23.3. The molecule has 0 heterocycles. The molecule has 0 aliphatic rings. The van der Waals surface area contributed by atoms with E-state index in [4.69, 9.17) is 18.9 Å². The highest BCUT2D eigenvalue weighted by Crippen LogP contribution is 2.24. The number of ether oxygens (including phenoxy) is 4. The minimum absolute atomic E-state index is 0.350. The van der Waals surface area contributed by atoms with Gasteiger partial charge in [-0.3, -0.25) is 0 Å². The lowest BCUT2D eigenvalue weighted by molar-refractivity contribution is 0.0533. The van der Waals surface area contributed by atoms with Gasteiger partial charge in [-0.25, -0.2) is 9.59 Å². The zero-order valence-corrected chi connectivity index (χ0v) is 29.2. The zero-order valence-electron chi connectivity index (χ0n) is 29.2. The fraction of sp³-hybridized carbons (Fsp3) is 0.944.